The molecule has 31 heavy (non-hydrogen) atoms. The van der Waals surface area contributed by atoms with Crippen LogP contribution < -0.4 is 14.8 Å². The Labute approximate surface area is 181 Å². The number of rotatable bonds is 6. The van der Waals surface area contributed by atoms with Crippen LogP contribution >= 0.6 is 0 Å². The molecular formula is C25H23N3O3. The molecule has 4 rings (SSSR count). The van der Waals surface area contributed by atoms with Crippen LogP contribution in [0.3, 0.4) is 0 Å². The van der Waals surface area contributed by atoms with Crippen LogP contribution in [0.2, 0.25) is 0 Å². The third-order valence-corrected chi connectivity index (χ3v) is 4.93. The zero-order valence-corrected chi connectivity index (χ0v) is 17.6. The Morgan fingerprint density at radius 2 is 1.74 bits per heavy atom. The maximum absolute atomic E-state index is 13.3. The van der Waals surface area contributed by atoms with Crippen LogP contribution in [0.4, 0.5) is 5.69 Å². The van der Waals surface area contributed by atoms with Gasteiger partial charge < -0.3 is 14.8 Å². The van der Waals surface area contributed by atoms with Gasteiger partial charge in [0.25, 0.3) is 5.91 Å². The van der Waals surface area contributed by atoms with Crippen molar-refractivity contribution in [3.05, 3.63) is 90.1 Å². The van der Waals surface area contributed by atoms with E-state index in [1.807, 2.05) is 61.5 Å². The van der Waals surface area contributed by atoms with Crippen molar-refractivity contribution in [1.82, 2.24) is 9.78 Å². The summed E-state index contributed by atoms with van der Waals surface area (Å²) in [7, 11) is 3.14. The van der Waals surface area contributed by atoms with Crippen molar-refractivity contribution in [3.63, 3.8) is 0 Å². The molecule has 1 aromatic heterocycles. The first kappa shape index (κ1) is 20.2. The average molecular weight is 413 g/mol. The van der Waals surface area contributed by atoms with Crippen LogP contribution in [0.1, 0.15) is 15.9 Å². The number of hydrogen-bond acceptors (Lipinski definition) is 4. The monoisotopic (exact) mass is 413 g/mol. The van der Waals surface area contributed by atoms with Gasteiger partial charge in [0, 0.05) is 17.8 Å². The Morgan fingerprint density at radius 3 is 2.45 bits per heavy atom. The summed E-state index contributed by atoms with van der Waals surface area (Å²) in [4.78, 5) is 13.3. The van der Waals surface area contributed by atoms with Gasteiger partial charge in [-0.05, 0) is 37.3 Å². The van der Waals surface area contributed by atoms with E-state index in [1.54, 1.807) is 43.3 Å². The SMILES string of the molecule is COc1ccc(OC)c(NC(=O)c2cn(-c3ccccc3)nc2-c2cccc(C)c2)c1. The molecule has 6 heteroatoms. The number of nitrogens with one attached hydrogen (secondary N) is 1. The second kappa shape index (κ2) is 8.75. The number of hydrogen-bond donors (Lipinski definition) is 1. The van der Waals surface area contributed by atoms with E-state index in [2.05, 4.69) is 5.32 Å². The van der Waals surface area contributed by atoms with Gasteiger partial charge in [0.05, 0.1) is 31.2 Å². The molecule has 0 unspecified atom stereocenters. The molecule has 156 valence electrons. The molecule has 1 amide bonds. The van der Waals surface area contributed by atoms with Crippen molar-refractivity contribution in [3.8, 4) is 28.4 Å². The van der Waals surface area contributed by atoms with E-state index in [9.17, 15) is 4.79 Å². The first-order valence-corrected chi connectivity index (χ1v) is 9.84. The van der Waals surface area contributed by atoms with E-state index in [1.165, 1.54) is 0 Å². The van der Waals surface area contributed by atoms with Crippen LogP contribution in [-0.2, 0) is 0 Å². The van der Waals surface area contributed by atoms with E-state index in [-0.39, 0.29) is 5.91 Å². The molecule has 0 aliphatic rings. The van der Waals surface area contributed by atoms with E-state index in [0.29, 0.717) is 28.4 Å². The lowest BCUT2D eigenvalue weighted by molar-refractivity contribution is 0.102. The zero-order valence-electron chi connectivity index (χ0n) is 17.6. The Balaban J connectivity index is 1.78. The first-order valence-electron chi connectivity index (χ1n) is 9.84. The molecule has 0 saturated carbocycles. The summed E-state index contributed by atoms with van der Waals surface area (Å²) in [5.74, 6) is 0.877. The number of aromatic nitrogens is 2. The molecule has 6 nitrogen and oxygen atoms in total. The average Bonchev–Trinajstić information content (AvgIpc) is 3.25. The van der Waals surface area contributed by atoms with Crippen molar-refractivity contribution in [1.29, 1.82) is 0 Å². The van der Waals surface area contributed by atoms with Gasteiger partial charge >= 0.3 is 0 Å². The molecule has 0 spiro atoms. The fourth-order valence-electron chi connectivity index (χ4n) is 3.36. The lowest BCUT2D eigenvalue weighted by Gasteiger charge is -2.12. The second-order valence-corrected chi connectivity index (χ2v) is 7.06. The molecular weight excluding hydrogens is 390 g/mol. The highest BCUT2D eigenvalue weighted by Crippen LogP contribution is 2.31. The minimum Gasteiger partial charge on any atom is -0.497 e. The Hall–Kier alpha value is -4.06. The van der Waals surface area contributed by atoms with Gasteiger partial charge in [-0.1, -0.05) is 42.0 Å². The Kier molecular flexibility index (Phi) is 5.71. The van der Waals surface area contributed by atoms with E-state index >= 15 is 0 Å². The number of methoxy groups -OCH3 is 2. The highest BCUT2D eigenvalue weighted by molar-refractivity contribution is 6.08. The number of carbonyl (C=O) groups is 1. The van der Waals surface area contributed by atoms with Crippen LogP contribution in [-0.4, -0.2) is 29.9 Å². The lowest BCUT2D eigenvalue weighted by atomic mass is 10.1. The standard InChI is InChI=1S/C25H23N3O3/c1-17-8-7-9-18(14-17)24-21(16-28(27-24)19-10-5-4-6-11-19)25(29)26-22-15-20(30-2)12-13-23(22)31-3/h4-16H,1-3H3,(H,26,29). The highest BCUT2D eigenvalue weighted by Gasteiger charge is 2.20. The fraction of sp³-hybridized carbons (Fsp3) is 0.120. The summed E-state index contributed by atoms with van der Waals surface area (Å²) < 4.78 is 12.4. The van der Waals surface area contributed by atoms with Crippen molar-refractivity contribution in [2.75, 3.05) is 19.5 Å². The predicted octanol–water partition coefficient (Wildman–Crippen LogP) is 5.12. The smallest absolute Gasteiger partial charge is 0.259 e. The molecule has 1 N–H and O–H groups in total. The normalized spacial score (nSPS) is 10.5. The van der Waals surface area contributed by atoms with Gasteiger partial charge in [0.1, 0.15) is 17.2 Å². The number of ether oxygens (including phenoxy) is 2. The summed E-state index contributed by atoms with van der Waals surface area (Å²) in [5, 5.41) is 7.68. The van der Waals surface area contributed by atoms with Gasteiger partial charge in [-0.3, -0.25) is 4.79 Å². The molecule has 3 aromatic carbocycles. The van der Waals surface area contributed by atoms with Crippen LogP contribution in [0.25, 0.3) is 16.9 Å². The fourth-order valence-corrected chi connectivity index (χ4v) is 3.36. The Morgan fingerprint density at radius 1 is 0.935 bits per heavy atom. The second-order valence-electron chi connectivity index (χ2n) is 7.06. The third-order valence-electron chi connectivity index (χ3n) is 4.93. The molecule has 0 atom stereocenters. The van der Waals surface area contributed by atoms with Crippen molar-refractivity contribution in [2.24, 2.45) is 0 Å². The lowest BCUT2D eigenvalue weighted by Crippen LogP contribution is -2.13. The molecule has 0 aliphatic heterocycles. The predicted molar refractivity (Wildman–Crippen MR) is 121 cm³/mol. The largest absolute Gasteiger partial charge is 0.497 e. The number of nitrogens with zero attached hydrogens (tertiary/aromatic N) is 2. The number of anilines is 1. The van der Waals surface area contributed by atoms with E-state index < -0.39 is 0 Å². The topological polar surface area (TPSA) is 65.4 Å². The molecule has 0 radical (unpaired) electrons. The third kappa shape index (κ3) is 4.28. The highest BCUT2D eigenvalue weighted by atomic mass is 16.5. The summed E-state index contributed by atoms with van der Waals surface area (Å²) in [6.45, 7) is 2.01. The van der Waals surface area contributed by atoms with Gasteiger partial charge in [0.2, 0.25) is 0 Å². The summed E-state index contributed by atoms with van der Waals surface area (Å²) in [6.07, 6.45) is 1.75. The van der Waals surface area contributed by atoms with Crippen LogP contribution in [0.5, 0.6) is 11.5 Å². The van der Waals surface area contributed by atoms with Gasteiger partial charge in [-0.15, -0.1) is 0 Å². The minimum absolute atomic E-state index is 0.287. The number of carbonyl (C=O) groups excluding carboxylic acids is 1. The van der Waals surface area contributed by atoms with Crippen LogP contribution in [0.15, 0.2) is 79.0 Å². The molecule has 0 saturated heterocycles. The van der Waals surface area contributed by atoms with Crippen molar-refractivity contribution >= 4 is 11.6 Å². The van der Waals surface area contributed by atoms with Crippen LogP contribution in [0, 0.1) is 6.92 Å². The van der Waals surface area contributed by atoms with E-state index in [4.69, 9.17) is 14.6 Å². The van der Waals surface area contributed by atoms with Gasteiger partial charge in [-0.2, -0.15) is 5.10 Å². The maximum atomic E-state index is 13.3. The van der Waals surface area contributed by atoms with Gasteiger partial charge in [0.15, 0.2) is 0 Å². The first-order chi connectivity index (χ1) is 15.1. The van der Waals surface area contributed by atoms with E-state index in [0.717, 1.165) is 16.8 Å². The number of para-hydroxylation sites is 1. The van der Waals surface area contributed by atoms with Crippen molar-refractivity contribution in [2.45, 2.75) is 6.92 Å². The van der Waals surface area contributed by atoms with Crippen molar-refractivity contribution < 1.29 is 14.3 Å². The summed E-state index contributed by atoms with van der Waals surface area (Å²) >= 11 is 0. The number of amides is 1. The molecule has 1 heterocycles. The minimum atomic E-state index is -0.287. The summed E-state index contributed by atoms with van der Waals surface area (Å²) in [6, 6.07) is 22.9. The van der Waals surface area contributed by atoms with Gasteiger partial charge in [-0.25, -0.2) is 4.68 Å². The maximum Gasteiger partial charge on any atom is 0.259 e. The molecule has 0 bridgehead atoms. The number of benzene rings is 3. The molecule has 0 aliphatic carbocycles. The summed E-state index contributed by atoms with van der Waals surface area (Å²) in [5.41, 5.74) is 4.42. The molecule has 4 aromatic rings. The molecule has 0 fully saturated rings. The quantitative estimate of drug-likeness (QED) is 0.477. The zero-order chi connectivity index (χ0) is 21.8. The Bertz CT molecular complexity index is 1220. The number of aryl methyl sites for hydroxylation is 1.